The Morgan fingerprint density at radius 3 is 2.50 bits per heavy atom. The second kappa shape index (κ2) is 7.28. The highest BCUT2D eigenvalue weighted by atomic mass is 15.2. The van der Waals surface area contributed by atoms with E-state index in [1.165, 1.54) is 0 Å². The lowest BCUT2D eigenvalue weighted by Gasteiger charge is -2.34. The lowest BCUT2D eigenvalue weighted by Crippen LogP contribution is -2.25. The lowest BCUT2D eigenvalue weighted by molar-refractivity contribution is 0.377. The van der Waals surface area contributed by atoms with Crippen LogP contribution in [0, 0.1) is 0 Å². The summed E-state index contributed by atoms with van der Waals surface area (Å²) < 4.78 is 0. The molecule has 0 aromatic rings. The van der Waals surface area contributed by atoms with Gasteiger partial charge in [0.05, 0.1) is 0 Å². The van der Waals surface area contributed by atoms with Crippen LogP contribution in [0.25, 0.3) is 10.6 Å². The second-order valence-corrected chi connectivity index (χ2v) is 2.80. The van der Waals surface area contributed by atoms with Gasteiger partial charge in [-0.25, -0.2) is 0 Å². The standard InChI is InChI=1S/C9H19N3/c1-5-11-9(12(3)4)7-6-8-10-2/h6-7,9H,5,8H2,1-4H3/q-2/b7-6-. The zero-order chi connectivity index (χ0) is 9.40. The molecule has 0 aromatic carbocycles. The fourth-order valence-corrected chi connectivity index (χ4v) is 0.871. The molecule has 0 amide bonds. The monoisotopic (exact) mass is 169 g/mol. The van der Waals surface area contributed by atoms with Crippen molar-refractivity contribution in [1.29, 1.82) is 0 Å². The average Bonchev–Trinajstić information content (AvgIpc) is 2.03. The van der Waals surface area contributed by atoms with E-state index in [0.717, 1.165) is 13.1 Å². The Balaban J connectivity index is 3.77. The molecule has 0 rings (SSSR count). The summed E-state index contributed by atoms with van der Waals surface area (Å²) >= 11 is 0. The van der Waals surface area contributed by atoms with Crippen LogP contribution >= 0.6 is 0 Å². The van der Waals surface area contributed by atoms with Gasteiger partial charge < -0.3 is 15.5 Å². The summed E-state index contributed by atoms with van der Waals surface area (Å²) in [6.45, 7) is 3.69. The van der Waals surface area contributed by atoms with Crippen molar-refractivity contribution in [2.75, 3.05) is 34.2 Å². The van der Waals surface area contributed by atoms with Crippen LogP contribution in [-0.4, -0.2) is 45.3 Å². The molecule has 0 heterocycles. The van der Waals surface area contributed by atoms with Crippen LogP contribution in [0.15, 0.2) is 12.2 Å². The summed E-state index contributed by atoms with van der Waals surface area (Å²) in [5.41, 5.74) is 0. The summed E-state index contributed by atoms with van der Waals surface area (Å²) in [6, 6.07) is 0. The maximum absolute atomic E-state index is 4.39. The maximum atomic E-state index is 4.39. The van der Waals surface area contributed by atoms with Gasteiger partial charge in [-0.2, -0.15) is 13.6 Å². The lowest BCUT2D eigenvalue weighted by atomic mass is 10.3. The Bertz CT molecular complexity index is 121. The number of nitrogens with zero attached hydrogens (tertiary/aromatic N) is 3. The molecule has 12 heavy (non-hydrogen) atoms. The van der Waals surface area contributed by atoms with Crippen LogP contribution in [-0.2, 0) is 0 Å². The van der Waals surface area contributed by atoms with Crippen molar-refractivity contribution in [1.82, 2.24) is 4.90 Å². The number of rotatable bonds is 6. The van der Waals surface area contributed by atoms with Gasteiger partial charge in [0.15, 0.2) is 0 Å². The first-order valence-electron chi connectivity index (χ1n) is 4.27. The molecule has 0 aliphatic carbocycles. The Kier molecular flexibility index (Phi) is 7.05. The fraction of sp³-hybridized carbons (Fsp3) is 0.778. The molecule has 0 saturated carbocycles. The third kappa shape index (κ3) is 5.29. The SMILES string of the molecule is CC[N-]C(/C=C\C[N-]C)N(C)C. The molecule has 1 unspecified atom stereocenters. The van der Waals surface area contributed by atoms with Crippen molar-refractivity contribution in [3.63, 3.8) is 0 Å². The Hall–Kier alpha value is -0.380. The first kappa shape index (κ1) is 11.6. The predicted molar refractivity (Wildman–Crippen MR) is 54.7 cm³/mol. The quantitative estimate of drug-likeness (QED) is 0.558. The minimum atomic E-state index is 0.205. The van der Waals surface area contributed by atoms with Crippen LogP contribution in [0.3, 0.4) is 0 Å². The molecule has 0 aliphatic heterocycles. The molecule has 0 aromatic heterocycles. The first-order chi connectivity index (χ1) is 5.72. The molecule has 3 nitrogen and oxygen atoms in total. The highest BCUT2D eigenvalue weighted by molar-refractivity contribution is 5.06. The van der Waals surface area contributed by atoms with E-state index in [4.69, 9.17) is 0 Å². The Morgan fingerprint density at radius 1 is 1.42 bits per heavy atom. The van der Waals surface area contributed by atoms with Gasteiger partial charge in [0.1, 0.15) is 0 Å². The topological polar surface area (TPSA) is 31.4 Å². The number of likely N-dealkylation sites (N-methyl/N-ethyl adjacent to an activating group) is 3. The maximum Gasteiger partial charge on any atom is -0.0150 e. The summed E-state index contributed by atoms with van der Waals surface area (Å²) in [5, 5.41) is 8.37. The van der Waals surface area contributed by atoms with Crippen LogP contribution in [0.5, 0.6) is 0 Å². The van der Waals surface area contributed by atoms with Crippen molar-refractivity contribution in [2.45, 2.75) is 13.1 Å². The van der Waals surface area contributed by atoms with Gasteiger partial charge in [-0.1, -0.05) is 19.2 Å². The summed E-state index contributed by atoms with van der Waals surface area (Å²) in [5.74, 6) is 0. The van der Waals surface area contributed by atoms with Gasteiger partial charge in [-0.15, -0.1) is 12.6 Å². The normalized spacial score (nSPS) is 14.4. The van der Waals surface area contributed by atoms with E-state index in [1.54, 1.807) is 0 Å². The van der Waals surface area contributed by atoms with Crippen molar-refractivity contribution in [3.05, 3.63) is 22.8 Å². The third-order valence-corrected chi connectivity index (χ3v) is 1.49. The molecule has 0 aliphatic rings. The van der Waals surface area contributed by atoms with Crippen molar-refractivity contribution < 1.29 is 0 Å². The van der Waals surface area contributed by atoms with Crippen LogP contribution in [0.2, 0.25) is 0 Å². The molecule has 0 bridgehead atoms. The Labute approximate surface area is 75.8 Å². The minimum absolute atomic E-state index is 0.205. The van der Waals surface area contributed by atoms with Gasteiger partial charge in [0, 0.05) is 0 Å². The Morgan fingerprint density at radius 2 is 2.08 bits per heavy atom. The van der Waals surface area contributed by atoms with E-state index in [1.807, 2.05) is 27.2 Å². The van der Waals surface area contributed by atoms with E-state index in [0.29, 0.717) is 0 Å². The molecular weight excluding hydrogens is 150 g/mol. The van der Waals surface area contributed by atoms with E-state index in [-0.39, 0.29) is 6.17 Å². The molecule has 3 heteroatoms. The highest BCUT2D eigenvalue weighted by Gasteiger charge is 1.91. The fourth-order valence-electron chi connectivity index (χ4n) is 0.871. The zero-order valence-electron chi connectivity index (χ0n) is 8.49. The molecule has 1 atom stereocenters. The smallest absolute Gasteiger partial charge is 0.0150 e. The molecular formula is C9H19N3-2. The van der Waals surface area contributed by atoms with Crippen molar-refractivity contribution in [3.8, 4) is 0 Å². The first-order valence-corrected chi connectivity index (χ1v) is 4.27. The molecule has 72 valence electrons. The average molecular weight is 169 g/mol. The molecule has 0 N–H and O–H groups in total. The van der Waals surface area contributed by atoms with Gasteiger partial charge >= 0.3 is 0 Å². The molecule has 0 saturated heterocycles. The minimum Gasteiger partial charge on any atom is -0.662 e. The van der Waals surface area contributed by atoms with Gasteiger partial charge in [-0.3, -0.25) is 0 Å². The van der Waals surface area contributed by atoms with Crippen LogP contribution in [0.1, 0.15) is 6.92 Å². The van der Waals surface area contributed by atoms with Gasteiger partial charge in [0.2, 0.25) is 0 Å². The second-order valence-electron chi connectivity index (χ2n) is 2.80. The van der Waals surface area contributed by atoms with Gasteiger partial charge in [-0.05, 0) is 14.1 Å². The third-order valence-electron chi connectivity index (χ3n) is 1.49. The number of hydrogen-bond acceptors (Lipinski definition) is 1. The van der Waals surface area contributed by atoms with E-state index >= 15 is 0 Å². The summed E-state index contributed by atoms with van der Waals surface area (Å²) in [7, 11) is 5.86. The van der Waals surface area contributed by atoms with Crippen molar-refractivity contribution >= 4 is 0 Å². The molecule has 0 radical (unpaired) electrons. The summed E-state index contributed by atoms with van der Waals surface area (Å²) in [4.78, 5) is 2.08. The zero-order valence-corrected chi connectivity index (χ0v) is 8.49. The largest absolute Gasteiger partial charge is 0.662 e. The van der Waals surface area contributed by atoms with Crippen LogP contribution < -0.4 is 0 Å². The van der Waals surface area contributed by atoms with E-state index < -0.39 is 0 Å². The van der Waals surface area contributed by atoms with E-state index in [2.05, 4.69) is 28.5 Å². The molecule has 0 spiro atoms. The number of hydrogen-bond donors (Lipinski definition) is 0. The highest BCUT2D eigenvalue weighted by Crippen LogP contribution is 2.04. The van der Waals surface area contributed by atoms with Crippen LogP contribution in [0.4, 0.5) is 0 Å². The van der Waals surface area contributed by atoms with Crippen molar-refractivity contribution in [2.24, 2.45) is 0 Å². The predicted octanol–water partition coefficient (Wildman–Crippen LogP) is 1.83. The molecule has 0 fully saturated rings. The van der Waals surface area contributed by atoms with Gasteiger partial charge in [0.25, 0.3) is 0 Å². The van der Waals surface area contributed by atoms with E-state index in [9.17, 15) is 0 Å². The summed E-state index contributed by atoms with van der Waals surface area (Å²) in [6.07, 6.45) is 4.33.